The van der Waals surface area contributed by atoms with Crippen LogP contribution < -0.4 is 4.74 Å². The summed E-state index contributed by atoms with van der Waals surface area (Å²) >= 11 is 0. The number of carbonyl (C=O) groups excluding carboxylic acids is 1. The van der Waals surface area contributed by atoms with Crippen molar-refractivity contribution in [2.75, 3.05) is 7.11 Å². The van der Waals surface area contributed by atoms with Crippen LogP contribution in [0.1, 0.15) is 32.9 Å². The van der Waals surface area contributed by atoms with Crippen LogP contribution in [0, 0.1) is 13.8 Å². The molecule has 1 aromatic carbocycles. The second-order valence-corrected chi connectivity index (χ2v) is 5.07. The highest BCUT2D eigenvalue weighted by Crippen LogP contribution is 2.22. The van der Waals surface area contributed by atoms with E-state index < -0.39 is 5.97 Å². The van der Waals surface area contributed by atoms with Gasteiger partial charge in [-0.05, 0) is 32.0 Å². The van der Waals surface area contributed by atoms with Crippen LogP contribution in [-0.2, 0) is 17.8 Å². The fourth-order valence-electron chi connectivity index (χ4n) is 2.45. The summed E-state index contributed by atoms with van der Waals surface area (Å²) in [6.07, 6.45) is 0.725. The summed E-state index contributed by atoms with van der Waals surface area (Å²) in [6, 6.07) is 5.18. The van der Waals surface area contributed by atoms with Crippen LogP contribution in [0.4, 0.5) is 0 Å². The largest absolute Gasteiger partial charge is 0.496 e. The Labute approximate surface area is 128 Å². The lowest BCUT2D eigenvalue weighted by molar-refractivity contribution is -0.136. The van der Waals surface area contributed by atoms with Gasteiger partial charge in [0.2, 0.25) is 0 Å². The molecule has 2 aromatic rings. The van der Waals surface area contributed by atoms with E-state index in [1.165, 1.54) is 0 Å². The number of aromatic nitrogens is 2. The Morgan fingerprint density at radius 3 is 2.73 bits per heavy atom. The van der Waals surface area contributed by atoms with Crippen molar-refractivity contribution >= 4 is 12.3 Å². The second kappa shape index (κ2) is 6.43. The Morgan fingerprint density at radius 1 is 1.41 bits per heavy atom. The first-order valence-electron chi connectivity index (χ1n) is 6.83. The number of nitrogens with zero attached hydrogens (tertiary/aromatic N) is 2. The monoisotopic (exact) mass is 302 g/mol. The molecule has 6 heteroatoms. The number of rotatable bonds is 6. The average Bonchev–Trinajstić information content (AvgIpc) is 2.74. The van der Waals surface area contributed by atoms with E-state index in [2.05, 4.69) is 5.10 Å². The molecule has 6 nitrogen and oxygen atoms in total. The first-order chi connectivity index (χ1) is 10.5. The van der Waals surface area contributed by atoms with E-state index in [9.17, 15) is 9.59 Å². The molecule has 0 spiro atoms. The molecule has 116 valence electrons. The smallest absolute Gasteiger partial charge is 0.307 e. The normalized spacial score (nSPS) is 10.5. The highest BCUT2D eigenvalue weighted by atomic mass is 16.5. The van der Waals surface area contributed by atoms with Crippen LogP contribution >= 0.6 is 0 Å². The van der Waals surface area contributed by atoms with Gasteiger partial charge in [0, 0.05) is 22.4 Å². The van der Waals surface area contributed by atoms with Crippen LogP contribution in [0.2, 0.25) is 0 Å². The third-order valence-electron chi connectivity index (χ3n) is 3.62. The molecule has 0 aliphatic rings. The predicted octanol–water partition coefficient (Wildman–Crippen LogP) is 2.00. The van der Waals surface area contributed by atoms with Gasteiger partial charge in [0.1, 0.15) is 12.0 Å². The third kappa shape index (κ3) is 3.16. The number of carboxylic acid groups (broad SMARTS) is 1. The van der Waals surface area contributed by atoms with Crippen molar-refractivity contribution < 1.29 is 19.4 Å². The molecule has 0 aliphatic heterocycles. The second-order valence-electron chi connectivity index (χ2n) is 5.07. The number of methoxy groups -OCH3 is 1. The molecular weight excluding hydrogens is 284 g/mol. The molecule has 0 amide bonds. The number of aryl methyl sites for hydroxylation is 1. The van der Waals surface area contributed by atoms with Crippen molar-refractivity contribution in [1.82, 2.24) is 9.78 Å². The average molecular weight is 302 g/mol. The maximum absolute atomic E-state index is 10.9. The van der Waals surface area contributed by atoms with Crippen LogP contribution in [0.3, 0.4) is 0 Å². The number of hydrogen-bond acceptors (Lipinski definition) is 4. The van der Waals surface area contributed by atoms with Gasteiger partial charge in [-0.2, -0.15) is 5.10 Å². The van der Waals surface area contributed by atoms with E-state index in [1.807, 2.05) is 6.92 Å². The van der Waals surface area contributed by atoms with Gasteiger partial charge in [-0.1, -0.05) is 0 Å². The lowest BCUT2D eigenvalue weighted by Gasteiger charge is -2.11. The standard InChI is InChI=1S/C16H18N2O4/c1-10-14(7-16(20)21)11(2)18(17-10)8-13-6-12(9-19)4-5-15(13)22-3/h4-6,9H,7-8H2,1-3H3,(H,20,21). The molecule has 0 radical (unpaired) electrons. The zero-order chi connectivity index (χ0) is 16.3. The van der Waals surface area contributed by atoms with Gasteiger partial charge < -0.3 is 9.84 Å². The number of carbonyl (C=O) groups is 2. The van der Waals surface area contributed by atoms with E-state index in [0.717, 1.165) is 23.1 Å². The SMILES string of the molecule is COc1ccc(C=O)cc1Cn1nc(C)c(CC(=O)O)c1C. The molecule has 1 heterocycles. The van der Waals surface area contributed by atoms with Gasteiger partial charge in [-0.25, -0.2) is 0 Å². The van der Waals surface area contributed by atoms with E-state index in [-0.39, 0.29) is 6.42 Å². The maximum Gasteiger partial charge on any atom is 0.307 e. The van der Waals surface area contributed by atoms with E-state index in [4.69, 9.17) is 9.84 Å². The molecule has 0 unspecified atom stereocenters. The summed E-state index contributed by atoms with van der Waals surface area (Å²) in [4.78, 5) is 21.9. The van der Waals surface area contributed by atoms with Crippen molar-refractivity contribution in [3.8, 4) is 5.75 Å². The summed E-state index contributed by atoms with van der Waals surface area (Å²) < 4.78 is 7.04. The van der Waals surface area contributed by atoms with E-state index in [0.29, 0.717) is 23.6 Å². The van der Waals surface area contributed by atoms with Crippen molar-refractivity contribution in [3.05, 3.63) is 46.3 Å². The van der Waals surface area contributed by atoms with Gasteiger partial charge in [0.25, 0.3) is 0 Å². The first kappa shape index (κ1) is 15.8. The predicted molar refractivity (Wildman–Crippen MR) is 80.5 cm³/mol. The molecule has 0 aliphatic carbocycles. The fraction of sp³-hybridized carbons (Fsp3) is 0.312. The van der Waals surface area contributed by atoms with Gasteiger partial charge in [-0.3, -0.25) is 14.3 Å². The molecule has 0 atom stereocenters. The minimum absolute atomic E-state index is 0.0524. The summed E-state index contributed by atoms with van der Waals surface area (Å²) in [5.41, 5.74) is 3.60. The minimum Gasteiger partial charge on any atom is -0.496 e. The lowest BCUT2D eigenvalue weighted by atomic mass is 10.1. The summed E-state index contributed by atoms with van der Waals surface area (Å²) in [7, 11) is 1.57. The summed E-state index contributed by atoms with van der Waals surface area (Å²) in [5, 5.41) is 13.4. The Morgan fingerprint density at radius 2 is 2.14 bits per heavy atom. The van der Waals surface area contributed by atoms with E-state index in [1.54, 1.807) is 36.9 Å². The van der Waals surface area contributed by atoms with Crippen molar-refractivity contribution in [3.63, 3.8) is 0 Å². The Hall–Kier alpha value is -2.63. The van der Waals surface area contributed by atoms with Crippen molar-refractivity contribution in [2.24, 2.45) is 0 Å². The molecular formula is C16H18N2O4. The zero-order valence-electron chi connectivity index (χ0n) is 12.8. The fourth-order valence-corrected chi connectivity index (χ4v) is 2.45. The van der Waals surface area contributed by atoms with Crippen molar-refractivity contribution in [2.45, 2.75) is 26.8 Å². The number of aldehydes is 1. The van der Waals surface area contributed by atoms with Gasteiger partial charge in [0.15, 0.2) is 0 Å². The molecule has 1 aromatic heterocycles. The Bertz CT molecular complexity index is 719. The number of aliphatic carboxylic acids is 1. The number of ether oxygens (including phenoxy) is 1. The first-order valence-corrected chi connectivity index (χ1v) is 6.83. The number of hydrogen-bond donors (Lipinski definition) is 1. The third-order valence-corrected chi connectivity index (χ3v) is 3.62. The molecule has 0 bridgehead atoms. The summed E-state index contributed by atoms with van der Waals surface area (Å²) in [6.45, 7) is 4.05. The molecule has 0 saturated heterocycles. The number of benzene rings is 1. The Kier molecular flexibility index (Phi) is 4.60. The maximum atomic E-state index is 10.9. The van der Waals surface area contributed by atoms with Gasteiger partial charge in [0.05, 0.1) is 25.8 Å². The van der Waals surface area contributed by atoms with Crippen LogP contribution in [0.15, 0.2) is 18.2 Å². The van der Waals surface area contributed by atoms with Crippen LogP contribution in [0.5, 0.6) is 5.75 Å². The van der Waals surface area contributed by atoms with Gasteiger partial charge >= 0.3 is 5.97 Å². The Balaban J connectivity index is 2.39. The van der Waals surface area contributed by atoms with E-state index >= 15 is 0 Å². The lowest BCUT2D eigenvalue weighted by Crippen LogP contribution is -2.07. The topological polar surface area (TPSA) is 81.4 Å². The number of carboxylic acids is 1. The molecule has 0 saturated carbocycles. The molecule has 22 heavy (non-hydrogen) atoms. The molecule has 0 fully saturated rings. The summed E-state index contributed by atoms with van der Waals surface area (Å²) in [5.74, 6) is -0.218. The molecule has 1 N–H and O–H groups in total. The van der Waals surface area contributed by atoms with Crippen LogP contribution in [0.25, 0.3) is 0 Å². The van der Waals surface area contributed by atoms with Crippen LogP contribution in [-0.4, -0.2) is 34.3 Å². The quantitative estimate of drug-likeness (QED) is 0.825. The minimum atomic E-state index is -0.883. The highest BCUT2D eigenvalue weighted by Gasteiger charge is 2.15. The highest BCUT2D eigenvalue weighted by molar-refractivity contribution is 5.75. The van der Waals surface area contributed by atoms with Gasteiger partial charge in [-0.15, -0.1) is 0 Å². The molecule has 2 rings (SSSR count). The van der Waals surface area contributed by atoms with Crippen molar-refractivity contribution in [1.29, 1.82) is 0 Å². The zero-order valence-corrected chi connectivity index (χ0v) is 12.8.